The number of hydrogen-bond donors (Lipinski definition) is 0. The fourth-order valence-electron chi connectivity index (χ4n) is 2.36. The first-order valence-corrected chi connectivity index (χ1v) is 3.73. The molecular formula is C8H14. The Labute approximate surface area is 51.3 Å². The number of fused-ring (bicyclic) bond motifs is 1. The van der Waals surface area contributed by atoms with Gasteiger partial charge in [-0.25, -0.2) is 0 Å². The smallest absolute Gasteiger partial charge is 0.0318 e. The van der Waals surface area contributed by atoms with Gasteiger partial charge in [0.1, 0.15) is 0 Å². The largest absolute Gasteiger partial charge is 0.0625 e. The van der Waals surface area contributed by atoms with Gasteiger partial charge in [0.25, 0.3) is 0 Å². The van der Waals surface area contributed by atoms with E-state index in [1.807, 2.05) is 0 Å². The highest BCUT2D eigenvalue weighted by molar-refractivity contribution is 5.17. The minimum absolute atomic E-state index is 0.973. The van der Waals surface area contributed by atoms with E-state index in [1.54, 1.807) is 0 Å². The second-order valence-electron chi connectivity index (χ2n) is 3.84. The molecule has 0 amide bonds. The highest BCUT2D eigenvalue weighted by Crippen LogP contribution is 2.75. The molecule has 0 heteroatoms. The van der Waals surface area contributed by atoms with E-state index in [1.165, 1.54) is 11.8 Å². The molecule has 2 unspecified atom stereocenters. The van der Waals surface area contributed by atoms with Crippen molar-refractivity contribution in [3.05, 3.63) is 0 Å². The molecule has 2 rings (SSSR count). The van der Waals surface area contributed by atoms with Crippen LogP contribution in [0.5, 0.6) is 0 Å². The second kappa shape index (κ2) is 1.12. The van der Waals surface area contributed by atoms with Crippen LogP contribution in [0.25, 0.3) is 0 Å². The molecule has 0 N–H and O–H groups in total. The predicted octanol–water partition coefficient (Wildman–Crippen LogP) is 2.15. The van der Waals surface area contributed by atoms with E-state index in [4.69, 9.17) is 0 Å². The summed E-state index contributed by atoms with van der Waals surface area (Å²) in [6.45, 7) is 7.08. The molecule has 0 aromatic heterocycles. The Kier molecular flexibility index (Phi) is 0.678. The zero-order valence-electron chi connectivity index (χ0n) is 5.89. The second-order valence-corrected chi connectivity index (χ2v) is 3.84. The molecule has 2 aliphatic rings. The van der Waals surface area contributed by atoms with E-state index >= 15 is 0 Å². The summed E-state index contributed by atoms with van der Waals surface area (Å²) in [7, 11) is 0. The van der Waals surface area contributed by atoms with Crippen LogP contribution in [0.2, 0.25) is 0 Å². The third-order valence-corrected chi connectivity index (χ3v) is 3.04. The maximum Gasteiger partial charge on any atom is -0.0318 e. The topological polar surface area (TPSA) is 0 Å². The molecular weight excluding hydrogens is 96.1 g/mol. The van der Waals surface area contributed by atoms with Crippen LogP contribution in [0.15, 0.2) is 0 Å². The lowest BCUT2D eigenvalue weighted by Crippen LogP contribution is -2.03. The third kappa shape index (κ3) is 0.375. The van der Waals surface area contributed by atoms with Gasteiger partial charge in [-0.3, -0.25) is 0 Å². The zero-order chi connectivity index (χ0) is 5.89. The van der Waals surface area contributed by atoms with Gasteiger partial charge < -0.3 is 0 Å². The van der Waals surface area contributed by atoms with Crippen LogP contribution in [0.4, 0.5) is 0 Å². The van der Waals surface area contributed by atoms with Crippen molar-refractivity contribution in [1.82, 2.24) is 0 Å². The predicted molar refractivity (Wildman–Crippen MR) is 34.5 cm³/mol. The standard InChI is InChI=1S/C8H14/c1-4(2)6-7-5(3)8(6)7/h4-8H,1-3H3. The number of rotatable bonds is 1. The third-order valence-electron chi connectivity index (χ3n) is 3.04. The van der Waals surface area contributed by atoms with E-state index in [2.05, 4.69) is 20.8 Å². The molecule has 0 spiro atoms. The van der Waals surface area contributed by atoms with E-state index in [9.17, 15) is 0 Å². The van der Waals surface area contributed by atoms with Gasteiger partial charge in [0.2, 0.25) is 0 Å². The van der Waals surface area contributed by atoms with Gasteiger partial charge in [-0.1, -0.05) is 20.8 Å². The van der Waals surface area contributed by atoms with Crippen LogP contribution in [-0.4, -0.2) is 0 Å². The van der Waals surface area contributed by atoms with Gasteiger partial charge in [-0.15, -0.1) is 0 Å². The Morgan fingerprint density at radius 2 is 1.62 bits per heavy atom. The summed E-state index contributed by atoms with van der Waals surface area (Å²) in [6, 6.07) is 0. The molecule has 2 aliphatic carbocycles. The zero-order valence-corrected chi connectivity index (χ0v) is 5.89. The van der Waals surface area contributed by atoms with E-state index in [0.717, 1.165) is 17.8 Å². The van der Waals surface area contributed by atoms with Gasteiger partial charge >= 0.3 is 0 Å². The Bertz CT molecular complexity index is 105. The highest BCUT2D eigenvalue weighted by atomic mass is 14.8. The van der Waals surface area contributed by atoms with Crippen molar-refractivity contribution < 1.29 is 0 Å². The van der Waals surface area contributed by atoms with Crippen LogP contribution < -0.4 is 0 Å². The van der Waals surface area contributed by atoms with Gasteiger partial charge in [-0.05, 0) is 29.6 Å². The van der Waals surface area contributed by atoms with Crippen molar-refractivity contribution in [3.63, 3.8) is 0 Å². The maximum absolute atomic E-state index is 2.38. The quantitative estimate of drug-likeness (QED) is 0.485. The average Bonchev–Trinajstić information content (AvgIpc) is 2.45. The molecule has 0 heterocycles. The first-order valence-electron chi connectivity index (χ1n) is 3.73. The SMILES string of the molecule is CC(C)C1C2C(C)C12. The lowest BCUT2D eigenvalue weighted by molar-refractivity contribution is 0.391. The van der Waals surface area contributed by atoms with Crippen LogP contribution in [0, 0.1) is 29.6 Å². The lowest BCUT2D eigenvalue weighted by atomic mass is 9.96. The molecule has 2 saturated carbocycles. The minimum Gasteiger partial charge on any atom is -0.0625 e. The summed E-state index contributed by atoms with van der Waals surface area (Å²) in [4.78, 5) is 0. The fraction of sp³-hybridized carbons (Fsp3) is 1.00. The van der Waals surface area contributed by atoms with Crippen molar-refractivity contribution >= 4 is 0 Å². The van der Waals surface area contributed by atoms with Crippen molar-refractivity contribution in [1.29, 1.82) is 0 Å². The molecule has 0 aromatic rings. The summed E-state index contributed by atoms with van der Waals surface area (Å²) in [5.41, 5.74) is 0. The van der Waals surface area contributed by atoms with Gasteiger partial charge in [-0.2, -0.15) is 0 Å². The molecule has 0 radical (unpaired) electrons. The summed E-state index contributed by atoms with van der Waals surface area (Å²) in [6.07, 6.45) is 0. The Morgan fingerprint density at radius 1 is 1.12 bits per heavy atom. The molecule has 0 saturated heterocycles. The molecule has 2 fully saturated rings. The summed E-state index contributed by atoms with van der Waals surface area (Å²) in [5.74, 6) is 5.58. The van der Waals surface area contributed by atoms with Crippen molar-refractivity contribution in [2.75, 3.05) is 0 Å². The molecule has 46 valence electrons. The number of hydrogen-bond acceptors (Lipinski definition) is 0. The van der Waals surface area contributed by atoms with E-state index < -0.39 is 0 Å². The normalized spacial score (nSPS) is 58.5. The Hall–Kier alpha value is 0. The summed E-state index contributed by atoms with van der Waals surface area (Å²) < 4.78 is 0. The molecule has 2 atom stereocenters. The monoisotopic (exact) mass is 110 g/mol. The van der Waals surface area contributed by atoms with Crippen molar-refractivity contribution in [2.45, 2.75) is 20.8 Å². The van der Waals surface area contributed by atoms with Crippen molar-refractivity contribution in [3.8, 4) is 0 Å². The minimum atomic E-state index is 0.973. The van der Waals surface area contributed by atoms with Crippen molar-refractivity contribution in [2.24, 2.45) is 29.6 Å². The lowest BCUT2D eigenvalue weighted by Gasteiger charge is -2.09. The highest BCUT2D eigenvalue weighted by Gasteiger charge is 2.70. The van der Waals surface area contributed by atoms with Crippen LogP contribution in [0.3, 0.4) is 0 Å². The van der Waals surface area contributed by atoms with Gasteiger partial charge in [0, 0.05) is 0 Å². The van der Waals surface area contributed by atoms with E-state index in [-0.39, 0.29) is 0 Å². The first kappa shape index (κ1) is 4.84. The first-order chi connectivity index (χ1) is 3.73. The Balaban J connectivity index is 1.88. The molecule has 0 bridgehead atoms. The maximum atomic E-state index is 2.38. The van der Waals surface area contributed by atoms with Gasteiger partial charge in [0.05, 0.1) is 0 Å². The molecule has 8 heavy (non-hydrogen) atoms. The van der Waals surface area contributed by atoms with Crippen LogP contribution in [0.1, 0.15) is 20.8 Å². The molecule has 0 aliphatic heterocycles. The van der Waals surface area contributed by atoms with Crippen LogP contribution in [-0.2, 0) is 0 Å². The van der Waals surface area contributed by atoms with Gasteiger partial charge in [0.15, 0.2) is 0 Å². The fourth-order valence-corrected chi connectivity index (χ4v) is 2.36. The summed E-state index contributed by atoms with van der Waals surface area (Å²) in [5, 5.41) is 0. The average molecular weight is 110 g/mol. The molecule has 0 nitrogen and oxygen atoms in total. The van der Waals surface area contributed by atoms with Crippen LogP contribution >= 0.6 is 0 Å². The van der Waals surface area contributed by atoms with E-state index in [0.29, 0.717) is 0 Å². The summed E-state index contributed by atoms with van der Waals surface area (Å²) >= 11 is 0. The molecule has 0 aromatic carbocycles. The Morgan fingerprint density at radius 3 is 1.75 bits per heavy atom.